The number of aryl methyl sites for hydroxylation is 1. The van der Waals surface area contributed by atoms with Crippen LogP contribution in [-0.4, -0.2) is 21.2 Å². The van der Waals surface area contributed by atoms with E-state index in [2.05, 4.69) is 10.4 Å². The smallest absolute Gasteiger partial charge is 0.274 e. The number of para-hydroxylation sites is 1. The van der Waals surface area contributed by atoms with Gasteiger partial charge in [0.2, 0.25) is 0 Å². The minimum atomic E-state index is -0.336. The summed E-state index contributed by atoms with van der Waals surface area (Å²) in [5, 5.41) is 18.4. The van der Waals surface area contributed by atoms with Crippen LogP contribution < -0.4 is 5.32 Å². The van der Waals surface area contributed by atoms with E-state index in [0.717, 1.165) is 25.1 Å². The lowest BCUT2D eigenvalue weighted by Gasteiger charge is -2.14. The van der Waals surface area contributed by atoms with Crippen LogP contribution in [0.15, 0.2) is 42.7 Å². The molecule has 106 valence electrons. The first-order valence-electron chi connectivity index (χ1n) is 6.62. The number of hydrogen-bond donors (Lipinski definition) is 1. The van der Waals surface area contributed by atoms with Crippen LogP contribution in [0.5, 0.6) is 0 Å². The van der Waals surface area contributed by atoms with Gasteiger partial charge in [0.05, 0.1) is 4.92 Å². The van der Waals surface area contributed by atoms with Gasteiger partial charge >= 0.3 is 0 Å². The second-order valence-electron chi connectivity index (χ2n) is 4.61. The van der Waals surface area contributed by atoms with Crippen molar-refractivity contribution in [2.45, 2.75) is 25.9 Å². The van der Waals surface area contributed by atoms with Gasteiger partial charge in [0, 0.05) is 36.6 Å². The summed E-state index contributed by atoms with van der Waals surface area (Å²) >= 11 is 0. The normalized spacial score (nSPS) is 12.2. The minimum Gasteiger partial charge on any atom is -0.310 e. The van der Waals surface area contributed by atoms with Gasteiger partial charge in [-0.05, 0) is 26.0 Å². The molecule has 0 aliphatic carbocycles. The second-order valence-corrected chi connectivity index (χ2v) is 4.61. The summed E-state index contributed by atoms with van der Waals surface area (Å²) in [7, 11) is 0. The third-order valence-corrected chi connectivity index (χ3v) is 3.17. The minimum absolute atomic E-state index is 0.0470. The molecule has 6 nitrogen and oxygen atoms in total. The average Bonchev–Trinajstić information content (AvgIpc) is 2.96. The Hall–Kier alpha value is -2.21. The summed E-state index contributed by atoms with van der Waals surface area (Å²) in [6.45, 7) is 3.56. The maximum absolute atomic E-state index is 11.0. The van der Waals surface area contributed by atoms with E-state index in [0.29, 0.717) is 0 Å². The number of rotatable bonds is 7. The van der Waals surface area contributed by atoms with E-state index in [4.69, 9.17) is 0 Å². The molecule has 2 aromatic rings. The molecule has 0 amide bonds. The monoisotopic (exact) mass is 274 g/mol. The van der Waals surface area contributed by atoms with Crippen molar-refractivity contribution in [2.75, 3.05) is 6.54 Å². The Morgan fingerprint density at radius 1 is 1.40 bits per heavy atom. The van der Waals surface area contributed by atoms with Crippen LogP contribution in [0, 0.1) is 10.1 Å². The topological polar surface area (TPSA) is 73.0 Å². The van der Waals surface area contributed by atoms with Crippen molar-refractivity contribution in [1.82, 2.24) is 15.1 Å². The maximum Gasteiger partial charge on any atom is 0.274 e. The molecule has 1 N–H and O–H groups in total. The molecule has 0 radical (unpaired) electrons. The summed E-state index contributed by atoms with van der Waals surface area (Å²) in [5.74, 6) is 0. The highest BCUT2D eigenvalue weighted by Gasteiger charge is 2.17. The van der Waals surface area contributed by atoms with Gasteiger partial charge in [-0.2, -0.15) is 5.10 Å². The number of nitrogens with zero attached hydrogens (tertiary/aromatic N) is 3. The van der Waals surface area contributed by atoms with E-state index in [1.807, 2.05) is 29.9 Å². The predicted molar refractivity (Wildman–Crippen MR) is 76.4 cm³/mol. The van der Waals surface area contributed by atoms with Crippen LogP contribution >= 0.6 is 0 Å². The van der Waals surface area contributed by atoms with Gasteiger partial charge in [0.15, 0.2) is 0 Å². The van der Waals surface area contributed by atoms with E-state index >= 15 is 0 Å². The summed E-state index contributed by atoms with van der Waals surface area (Å²) in [5.41, 5.74) is 0.885. The van der Waals surface area contributed by atoms with Gasteiger partial charge in [0.1, 0.15) is 0 Å². The largest absolute Gasteiger partial charge is 0.310 e. The van der Waals surface area contributed by atoms with E-state index < -0.39 is 0 Å². The van der Waals surface area contributed by atoms with E-state index in [1.165, 1.54) is 6.07 Å². The van der Waals surface area contributed by atoms with Crippen molar-refractivity contribution < 1.29 is 4.92 Å². The van der Waals surface area contributed by atoms with Crippen molar-refractivity contribution in [3.63, 3.8) is 0 Å². The molecule has 1 aromatic heterocycles. The van der Waals surface area contributed by atoms with Gasteiger partial charge in [0.25, 0.3) is 5.69 Å². The highest BCUT2D eigenvalue weighted by Crippen LogP contribution is 2.24. The average molecular weight is 274 g/mol. The standard InChI is InChI=1S/C14H18N4O2/c1-12(13-6-2-3-7-14(13)18(19)20)15-8-4-10-17-11-5-9-16-17/h2-3,5-7,9,11-12,15H,4,8,10H2,1H3. The first-order chi connectivity index (χ1) is 9.68. The van der Waals surface area contributed by atoms with E-state index in [9.17, 15) is 10.1 Å². The molecule has 1 unspecified atom stereocenters. The van der Waals surface area contributed by atoms with Crippen molar-refractivity contribution in [3.8, 4) is 0 Å². The molecule has 0 fully saturated rings. The Bertz CT molecular complexity index is 554. The molecule has 20 heavy (non-hydrogen) atoms. The molecule has 0 bridgehead atoms. The molecule has 1 aromatic carbocycles. The highest BCUT2D eigenvalue weighted by molar-refractivity contribution is 5.41. The predicted octanol–water partition coefficient (Wildman–Crippen LogP) is 2.53. The zero-order chi connectivity index (χ0) is 14.4. The number of nitro benzene ring substituents is 1. The van der Waals surface area contributed by atoms with Crippen LogP contribution in [0.3, 0.4) is 0 Å². The summed E-state index contributed by atoms with van der Waals surface area (Å²) in [6.07, 6.45) is 4.60. The molecular formula is C14H18N4O2. The van der Waals surface area contributed by atoms with Crippen LogP contribution in [0.25, 0.3) is 0 Å². The number of nitrogens with one attached hydrogen (secondary N) is 1. The fraction of sp³-hybridized carbons (Fsp3) is 0.357. The molecule has 1 heterocycles. The third-order valence-electron chi connectivity index (χ3n) is 3.17. The molecule has 2 rings (SSSR count). The first kappa shape index (κ1) is 14.2. The van der Waals surface area contributed by atoms with Crippen LogP contribution in [-0.2, 0) is 6.54 Å². The fourth-order valence-corrected chi connectivity index (χ4v) is 2.12. The number of aromatic nitrogens is 2. The molecule has 0 aliphatic rings. The quantitative estimate of drug-likeness (QED) is 0.478. The van der Waals surface area contributed by atoms with E-state index in [-0.39, 0.29) is 16.7 Å². The number of nitro groups is 1. The Kier molecular flexibility index (Phi) is 4.84. The highest BCUT2D eigenvalue weighted by atomic mass is 16.6. The zero-order valence-electron chi connectivity index (χ0n) is 11.4. The van der Waals surface area contributed by atoms with Gasteiger partial charge in [-0.25, -0.2) is 0 Å². The second kappa shape index (κ2) is 6.81. The molecule has 0 spiro atoms. The van der Waals surface area contributed by atoms with Crippen molar-refractivity contribution in [3.05, 3.63) is 58.4 Å². The van der Waals surface area contributed by atoms with Crippen molar-refractivity contribution in [1.29, 1.82) is 0 Å². The van der Waals surface area contributed by atoms with Gasteiger partial charge in [-0.15, -0.1) is 0 Å². The lowest BCUT2D eigenvalue weighted by atomic mass is 10.1. The molecule has 0 saturated heterocycles. The Balaban J connectivity index is 1.85. The SMILES string of the molecule is CC(NCCCn1cccn1)c1ccccc1[N+](=O)[O-]. The van der Waals surface area contributed by atoms with Crippen molar-refractivity contribution in [2.24, 2.45) is 0 Å². The third kappa shape index (κ3) is 3.64. The summed E-state index contributed by atoms with van der Waals surface area (Å²) in [6, 6.07) is 8.69. The first-order valence-corrected chi connectivity index (χ1v) is 6.62. The lowest BCUT2D eigenvalue weighted by Crippen LogP contribution is -2.21. The zero-order valence-corrected chi connectivity index (χ0v) is 11.4. The molecule has 0 saturated carbocycles. The van der Waals surface area contributed by atoms with Gasteiger partial charge in [-0.3, -0.25) is 14.8 Å². The fourth-order valence-electron chi connectivity index (χ4n) is 2.12. The van der Waals surface area contributed by atoms with Crippen LogP contribution in [0.4, 0.5) is 5.69 Å². The molecule has 1 atom stereocenters. The van der Waals surface area contributed by atoms with Crippen molar-refractivity contribution >= 4 is 5.69 Å². The summed E-state index contributed by atoms with van der Waals surface area (Å²) in [4.78, 5) is 10.6. The van der Waals surface area contributed by atoms with Crippen LogP contribution in [0.1, 0.15) is 24.9 Å². The number of hydrogen-bond acceptors (Lipinski definition) is 4. The summed E-state index contributed by atoms with van der Waals surface area (Å²) < 4.78 is 1.87. The lowest BCUT2D eigenvalue weighted by molar-refractivity contribution is -0.385. The number of benzene rings is 1. The molecular weight excluding hydrogens is 256 g/mol. The molecule has 0 aliphatic heterocycles. The Labute approximate surface area is 117 Å². The Morgan fingerprint density at radius 3 is 2.90 bits per heavy atom. The van der Waals surface area contributed by atoms with Crippen LogP contribution in [0.2, 0.25) is 0 Å². The maximum atomic E-state index is 11.0. The Morgan fingerprint density at radius 2 is 2.20 bits per heavy atom. The molecule has 6 heteroatoms. The van der Waals surface area contributed by atoms with Gasteiger partial charge in [-0.1, -0.05) is 18.2 Å². The van der Waals surface area contributed by atoms with E-state index in [1.54, 1.807) is 18.3 Å². The van der Waals surface area contributed by atoms with Gasteiger partial charge < -0.3 is 5.32 Å².